The molecule has 1 aromatic carbocycles. The number of ketones is 1. The molecule has 0 saturated carbocycles. The maximum atomic E-state index is 11.9. The Balaban J connectivity index is 2.24. The molecule has 1 atom stereocenters. The van der Waals surface area contributed by atoms with Crippen LogP contribution in [-0.4, -0.2) is 23.6 Å². The molecular formula is C16H18NO3S2+. The minimum atomic E-state index is -0.815. The molecule has 0 bridgehead atoms. The summed E-state index contributed by atoms with van der Waals surface area (Å²) < 4.78 is 6.94. The Bertz CT molecular complexity index is 667. The van der Waals surface area contributed by atoms with Crippen LogP contribution in [0.2, 0.25) is 0 Å². The lowest BCUT2D eigenvalue weighted by molar-refractivity contribution is -0.640. The Morgan fingerprint density at radius 2 is 2.00 bits per heavy atom. The minimum Gasteiger partial charge on any atom is -0.465 e. The average Bonchev–Trinajstić information content (AvgIpc) is 2.86. The summed E-state index contributed by atoms with van der Waals surface area (Å²) in [6, 6.07) is 12.0. The number of aromatic nitrogens is 1. The lowest BCUT2D eigenvalue weighted by Gasteiger charge is -2.09. The van der Waals surface area contributed by atoms with Gasteiger partial charge in [-0.05, 0) is 31.2 Å². The molecule has 0 N–H and O–H groups in total. The summed E-state index contributed by atoms with van der Waals surface area (Å²) in [5, 5.41) is 0.0569. The maximum absolute atomic E-state index is 11.9. The molecule has 2 aromatic rings. The van der Waals surface area contributed by atoms with Crippen LogP contribution in [0.3, 0.4) is 0 Å². The number of esters is 1. The van der Waals surface area contributed by atoms with Crippen molar-refractivity contribution in [3.63, 3.8) is 0 Å². The van der Waals surface area contributed by atoms with Crippen LogP contribution < -0.4 is 3.96 Å². The van der Waals surface area contributed by atoms with Gasteiger partial charge in [0.15, 0.2) is 18.1 Å². The van der Waals surface area contributed by atoms with Crippen molar-refractivity contribution in [3.8, 4) is 10.4 Å². The number of aryl methyl sites for hydroxylation is 1. The number of nitrogens with zero attached hydrogens (tertiary/aromatic N) is 1. The van der Waals surface area contributed by atoms with E-state index in [1.165, 1.54) is 18.7 Å². The predicted octanol–water partition coefficient (Wildman–Crippen LogP) is 2.85. The molecule has 0 amide bonds. The van der Waals surface area contributed by atoms with Crippen molar-refractivity contribution in [3.05, 3.63) is 36.4 Å². The SMILES string of the molecule is CCOC(=O)C(Sc1cc(-c2ccccc2)s[n+]1C)C(C)=O. The van der Waals surface area contributed by atoms with E-state index in [1.807, 2.05) is 47.4 Å². The second kappa shape index (κ2) is 7.56. The van der Waals surface area contributed by atoms with Gasteiger partial charge in [-0.25, -0.2) is 0 Å². The van der Waals surface area contributed by atoms with E-state index in [4.69, 9.17) is 4.74 Å². The number of rotatable bonds is 6. The van der Waals surface area contributed by atoms with Gasteiger partial charge in [0.05, 0.1) is 6.61 Å². The number of thioether (sulfide) groups is 1. The van der Waals surface area contributed by atoms with Gasteiger partial charge in [-0.3, -0.25) is 9.59 Å². The monoisotopic (exact) mass is 336 g/mol. The van der Waals surface area contributed by atoms with Crippen LogP contribution >= 0.6 is 23.3 Å². The highest BCUT2D eigenvalue weighted by Crippen LogP contribution is 2.30. The molecule has 0 aliphatic rings. The number of carbonyl (C=O) groups excluding carboxylic acids is 2. The van der Waals surface area contributed by atoms with Gasteiger partial charge >= 0.3 is 5.97 Å². The zero-order valence-corrected chi connectivity index (χ0v) is 14.4. The Labute approximate surface area is 138 Å². The molecule has 0 spiro atoms. The number of ether oxygens (including phenoxy) is 1. The summed E-state index contributed by atoms with van der Waals surface area (Å²) in [4.78, 5) is 24.7. The van der Waals surface area contributed by atoms with E-state index in [0.717, 1.165) is 15.5 Å². The van der Waals surface area contributed by atoms with Crippen LogP contribution in [-0.2, 0) is 21.4 Å². The number of hydrogen-bond acceptors (Lipinski definition) is 5. The molecule has 1 heterocycles. The zero-order chi connectivity index (χ0) is 16.1. The molecule has 0 fully saturated rings. The van der Waals surface area contributed by atoms with Crippen LogP contribution in [0.15, 0.2) is 41.4 Å². The quantitative estimate of drug-likeness (QED) is 0.352. The van der Waals surface area contributed by atoms with Crippen molar-refractivity contribution < 1.29 is 18.3 Å². The molecule has 2 rings (SSSR count). The first-order chi connectivity index (χ1) is 10.5. The molecule has 0 aliphatic heterocycles. The third kappa shape index (κ3) is 3.96. The van der Waals surface area contributed by atoms with Crippen molar-refractivity contribution in [1.29, 1.82) is 0 Å². The van der Waals surface area contributed by atoms with Crippen molar-refractivity contribution in [2.45, 2.75) is 24.1 Å². The molecule has 0 aliphatic carbocycles. The zero-order valence-electron chi connectivity index (χ0n) is 12.7. The number of hydrogen-bond donors (Lipinski definition) is 0. The third-order valence-corrected chi connectivity index (χ3v) is 5.50. The van der Waals surface area contributed by atoms with E-state index < -0.39 is 11.2 Å². The summed E-state index contributed by atoms with van der Waals surface area (Å²) in [5.74, 6) is -0.677. The summed E-state index contributed by atoms with van der Waals surface area (Å²) in [6.07, 6.45) is 0. The largest absolute Gasteiger partial charge is 0.465 e. The van der Waals surface area contributed by atoms with E-state index >= 15 is 0 Å². The molecule has 0 radical (unpaired) electrons. The van der Waals surface area contributed by atoms with Crippen LogP contribution in [0.5, 0.6) is 0 Å². The van der Waals surface area contributed by atoms with Gasteiger partial charge in [-0.15, -0.1) is 3.96 Å². The van der Waals surface area contributed by atoms with Gasteiger partial charge in [0.1, 0.15) is 16.4 Å². The number of Topliss-reactive ketones (excluding diaryl/α,β-unsaturated/α-hetero) is 1. The highest BCUT2D eigenvalue weighted by Gasteiger charge is 2.30. The molecule has 4 nitrogen and oxygen atoms in total. The van der Waals surface area contributed by atoms with Gasteiger partial charge in [0.2, 0.25) is 0 Å². The van der Waals surface area contributed by atoms with Crippen LogP contribution in [0.4, 0.5) is 0 Å². The molecule has 6 heteroatoms. The van der Waals surface area contributed by atoms with Gasteiger partial charge in [-0.1, -0.05) is 30.3 Å². The van der Waals surface area contributed by atoms with E-state index in [0.29, 0.717) is 0 Å². The summed E-state index contributed by atoms with van der Waals surface area (Å²) in [7, 11) is 1.92. The summed E-state index contributed by atoms with van der Waals surface area (Å²) >= 11 is 2.81. The number of benzene rings is 1. The van der Waals surface area contributed by atoms with Gasteiger partial charge < -0.3 is 4.74 Å². The smallest absolute Gasteiger partial charge is 0.327 e. The fraction of sp³-hybridized carbons (Fsp3) is 0.312. The van der Waals surface area contributed by atoms with Gasteiger partial charge in [-0.2, -0.15) is 0 Å². The van der Waals surface area contributed by atoms with Crippen molar-refractivity contribution in [2.24, 2.45) is 7.05 Å². The molecule has 116 valence electrons. The Hall–Kier alpha value is -1.66. The fourth-order valence-corrected chi connectivity index (χ4v) is 3.97. The lowest BCUT2D eigenvalue weighted by atomic mass is 10.2. The maximum Gasteiger partial charge on any atom is 0.327 e. The standard InChI is InChI=1S/C16H18NO3S2/c1-4-20-16(19)15(11(2)18)21-14-10-13(22-17(14)3)12-8-6-5-7-9-12/h5-10,15H,4H2,1-3H3/q+1. The van der Waals surface area contributed by atoms with Crippen molar-refractivity contribution >= 4 is 35.0 Å². The van der Waals surface area contributed by atoms with Crippen molar-refractivity contribution in [2.75, 3.05) is 6.61 Å². The molecule has 22 heavy (non-hydrogen) atoms. The molecule has 0 saturated heterocycles. The van der Waals surface area contributed by atoms with Crippen LogP contribution in [0.25, 0.3) is 10.4 Å². The molecule has 1 unspecified atom stereocenters. The van der Waals surface area contributed by atoms with Gasteiger partial charge in [0, 0.05) is 6.07 Å². The van der Waals surface area contributed by atoms with E-state index in [-0.39, 0.29) is 12.4 Å². The molecule has 1 aromatic heterocycles. The minimum absolute atomic E-state index is 0.198. The van der Waals surface area contributed by atoms with Crippen LogP contribution in [0.1, 0.15) is 13.8 Å². The predicted molar refractivity (Wildman–Crippen MR) is 87.9 cm³/mol. The highest BCUT2D eigenvalue weighted by molar-refractivity contribution is 8.01. The normalized spacial score (nSPS) is 12.0. The first-order valence-corrected chi connectivity index (χ1v) is 8.57. The summed E-state index contributed by atoms with van der Waals surface area (Å²) in [6.45, 7) is 3.42. The van der Waals surface area contributed by atoms with E-state index in [2.05, 4.69) is 0 Å². The van der Waals surface area contributed by atoms with Crippen LogP contribution in [0, 0.1) is 0 Å². The first kappa shape index (κ1) is 16.7. The topological polar surface area (TPSA) is 47.2 Å². The Morgan fingerprint density at radius 1 is 1.32 bits per heavy atom. The Kier molecular flexibility index (Phi) is 5.74. The highest BCUT2D eigenvalue weighted by atomic mass is 32.2. The number of carbonyl (C=O) groups is 2. The second-order valence-electron chi connectivity index (χ2n) is 4.66. The van der Waals surface area contributed by atoms with E-state index in [1.54, 1.807) is 18.5 Å². The van der Waals surface area contributed by atoms with Crippen molar-refractivity contribution in [1.82, 2.24) is 0 Å². The third-order valence-electron chi connectivity index (χ3n) is 2.97. The average molecular weight is 336 g/mol. The van der Waals surface area contributed by atoms with Gasteiger partial charge in [0.25, 0.3) is 5.03 Å². The van der Waals surface area contributed by atoms with E-state index in [9.17, 15) is 9.59 Å². The summed E-state index contributed by atoms with van der Waals surface area (Å²) in [5.41, 5.74) is 1.12. The second-order valence-corrected chi connectivity index (χ2v) is 6.96. The Morgan fingerprint density at radius 3 is 2.59 bits per heavy atom. The lowest BCUT2D eigenvalue weighted by Crippen LogP contribution is -2.31. The fourth-order valence-electron chi connectivity index (χ4n) is 1.90. The first-order valence-electron chi connectivity index (χ1n) is 6.92. The molecular weight excluding hydrogens is 318 g/mol.